The van der Waals surface area contributed by atoms with Crippen molar-refractivity contribution in [2.24, 2.45) is 0 Å². The Hall–Kier alpha value is -1.39. The standard InChI is InChI=1S/C9H6Cl2N4/c1-2-15-13-9(12-14-15)6-3-4-7(10)8(11)5-6/h2-5H,1H2. The van der Waals surface area contributed by atoms with Crippen LogP contribution in [-0.4, -0.2) is 20.2 Å². The maximum atomic E-state index is 5.87. The predicted molar refractivity (Wildman–Crippen MR) is 59.7 cm³/mol. The van der Waals surface area contributed by atoms with Gasteiger partial charge < -0.3 is 0 Å². The summed E-state index contributed by atoms with van der Waals surface area (Å²) in [5.41, 5.74) is 0.762. The molecule has 0 radical (unpaired) electrons. The SMILES string of the molecule is C=Cn1nnc(-c2ccc(Cl)c(Cl)c2)n1. The smallest absolute Gasteiger partial charge is 0.139 e. The first kappa shape index (κ1) is 10.1. The Bertz CT molecular complexity index is 507. The van der Waals surface area contributed by atoms with Crippen molar-refractivity contribution in [3.8, 4) is 11.4 Å². The normalized spacial score (nSPS) is 10.3. The zero-order valence-electron chi connectivity index (χ0n) is 7.56. The minimum Gasteiger partial charge on any atom is -0.139 e. The van der Waals surface area contributed by atoms with Gasteiger partial charge in [0.2, 0.25) is 5.82 Å². The Morgan fingerprint density at radius 1 is 1.27 bits per heavy atom. The third-order valence-corrected chi connectivity index (χ3v) is 2.51. The number of nitrogens with zero attached hydrogens (tertiary/aromatic N) is 4. The molecule has 4 nitrogen and oxygen atoms in total. The molecular weight excluding hydrogens is 235 g/mol. The monoisotopic (exact) mass is 240 g/mol. The molecule has 0 saturated carbocycles. The lowest BCUT2D eigenvalue weighted by Crippen LogP contribution is -1.89. The van der Waals surface area contributed by atoms with Crippen molar-refractivity contribution in [3.63, 3.8) is 0 Å². The van der Waals surface area contributed by atoms with Gasteiger partial charge in [-0.15, -0.1) is 15.0 Å². The third-order valence-electron chi connectivity index (χ3n) is 1.77. The number of rotatable bonds is 2. The van der Waals surface area contributed by atoms with Gasteiger partial charge in [0.05, 0.1) is 10.0 Å². The second-order valence-corrected chi connectivity index (χ2v) is 3.56. The predicted octanol–water partition coefficient (Wildman–Crippen LogP) is 2.75. The average Bonchev–Trinajstić information content (AvgIpc) is 2.70. The molecule has 0 N–H and O–H groups in total. The highest BCUT2D eigenvalue weighted by Crippen LogP contribution is 2.26. The summed E-state index contributed by atoms with van der Waals surface area (Å²) in [6.07, 6.45) is 1.45. The average molecular weight is 241 g/mol. The second kappa shape index (κ2) is 4.00. The highest BCUT2D eigenvalue weighted by molar-refractivity contribution is 6.42. The van der Waals surface area contributed by atoms with Crippen LogP contribution in [-0.2, 0) is 0 Å². The first-order valence-corrected chi connectivity index (χ1v) is 4.84. The van der Waals surface area contributed by atoms with E-state index in [1.807, 2.05) is 0 Å². The lowest BCUT2D eigenvalue weighted by Gasteiger charge is -1.97. The molecular formula is C9H6Cl2N4. The third kappa shape index (κ3) is 2.00. The molecule has 0 aliphatic heterocycles. The number of hydrogen-bond acceptors (Lipinski definition) is 3. The Morgan fingerprint density at radius 2 is 2.07 bits per heavy atom. The first-order valence-electron chi connectivity index (χ1n) is 4.08. The number of benzene rings is 1. The zero-order valence-corrected chi connectivity index (χ0v) is 9.07. The highest BCUT2D eigenvalue weighted by Gasteiger charge is 2.06. The molecule has 6 heteroatoms. The van der Waals surface area contributed by atoms with Crippen LogP contribution < -0.4 is 0 Å². The lowest BCUT2D eigenvalue weighted by atomic mass is 10.2. The van der Waals surface area contributed by atoms with Gasteiger partial charge in [-0.25, -0.2) is 0 Å². The fourth-order valence-corrected chi connectivity index (χ4v) is 1.35. The molecule has 0 fully saturated rings. The van der Waals surface area contributed by atoms with E-state index >= 15 is 0 Å². The molecule has 0 amide bonds. The van der Waals surface area contributed by atoms with E-state index in [1.54, 1.807) is 18.2 Å². The van der Waals surface area contributed by atoms with Crippen LogP contribution in [0.1, 0.15) is 0 Å². The second-order valence-electron chi connectivity index (χ2n) is 2.74. The Balaban J connectivity index is 2.44. The minimum absolute atomic E-state index is 0.462. The van der Waals surface area contributed by atoms with Gasteiger partial charge in [-0.05, 0) is 23.4 Å². The molecule has 0 saturated heterocycles. The van der Waals surface area contributed by atoms with Crippen molar-refractivity contribution < 1.29 is 0 Å². The van der Waals surface area contributed by atoms with Gasteiger partial charge in [-0.2, -0.15) is 0 Å². The van der Waals surface area contributed by atoms with E-state index in [2.05, 4.69) is 22.0 Å². The number of tetrazole rings is 1. The van der Waals surface area contributed by atoms with Crippen LogP contribution in [0.15, 0.2) is 24.8 Å². The van der Waals surface area contributed by atoms with Crippen molar-refractivity contribution >= 4 is 29.4 Å². The number of hydrogen-bond donors (Lipinski definition) is 0. The van der Waals surface area contributed by atoms with Gasteiger partial charge in [0, 0.05) is 11.8 Å². The van der Waals surface area contributed by atoms with E-state index in [-0.39, 0.29) is 0 Å². The van der Waals surface area contributed by atoms with Gasteiger partial charge in [0.15, 0.2) is 0 Å². The molecule has 15 heavy (non-hydrogen) atoms. The maximum absolute atomic E-state index is 5.87. The lowest BCUT2D eigenvalue weighted by molar-refractivity contribution is 0.760. The molecule has 0 unspecified atom stereocenters. The van der Waals surface area contributed by atoms with Gasteiger partial charge in [0.1, 0.15) is 0 Å². The van der Waals surface area contributed by atoms with Crippen LogP contribution in [0.5, 0.6) is 0 Å². The Labute approximate surface area is 96.1 Å². The van der Waals surface area contributed by atoms with Gasteiger partial charge in [-0.1, -0.05) is 29.8 Å². The fourth-order valence-electron chi connectivity index (χ4n) is 1.05. The summed E-state index contributed by atoms with van der Waals surface area (Å²) < 4.78 is 0. The number of aromatic nitrogens is 4. The molecule has 2 rings (SSSR count). The Morgan fingerprint density at radius 3 is 2.67 bits per heavy atom. The molecule has 76 valence electrons. The molecule has 1 aromatic carbocycles. The number of halogens is 2. The summed E-state index contributed by atoms with van der Waals surface area (Å²) in [5.74, 6) is 0.480. The van der Waals surface area contributed by atoms with Crippen molar-refractivity contribution in [2.75, 3.05) is 0 Å². The van der Waals surface area contributed by atoms with E-state index in [0.29, 0.717) is 15.9 Å². The van der Waals surface area contributed by atoms with Crippen LogP contribution in [0.4, 0.5) is 0 Å². The maximum Gasteiger partial charge on any atom is 0.205 e. The Kier molecular flexibility index (Phi) is 2.70. The summed E-state index contributed by atoms with van der Waals surface area (Å²) in [5, 5.41) is 12.6. The fraction of sp³-hybridized carbons (Fsp3) is 0. The molecule has 2 aromatic rings. The van der Waals surface area contributed by atoms with E-state index in [0.717, 1.165) is 5.56 Å². The zero-order chi connectivity index (χ0) is 10.8. The van der Waals surface area contributed by atoms with Crippen molar-refractivity contribution in [3.05, 3.63) is 34.8 Å². The summed E-state index contributed by atoms with van der Waals surface area (Å²) in [6, 6.07) is 5.15. The van der Waals surface area contributed by atoms with Gasteiger partial charge >= 0.3 is 0 Å². The van der Waals surface area contributed by atoms with Crippen LogP contribution in [0.2, 0.25) is 10.0 Å². The summed E-state index contributed by atoms with van der Waals surface area (Å²) >= 11 is 11.7. The van der Waals surface area contributed by atoms with Crippen LogP contribution in [0.3, 0.4) is 0 Å². The van der Waals surface area contributed by atoms with Gasteiger partial charge in [-0.3, -0.25) is 0 Å². The molecule has 1 aromatic heterocycles. The molecule has 0 atom stereocenters. The first-order chi connectivity index (χ1) is 7.20. The summed E-state index contributed by atoms with van der Waals surface area (Å²) in [7, 11) is 0. The van der Waals surface area contributed by atoms with Crippen LogP contribution in [0, 0.1) is 0 Å². The quantitative estimate of drug-likeness (QED) is 0.811. The van der Waals surface area contributed by atoms with E-state index in [4.69, 9.17) is 23.2 Å². The topological polar surface area (TPSA) is 43.6 Å². The van der Waals surface area contributed by atoms with Gasteiger partial charge in [0.25, 0.3) is 0 Å². The van der Waals surface area contributed by atoms with E-state index in [9.17, 15) is 0 Å². The van der Waals surface area contributed by atoms with E-state index < -0.39 is 0 Å². The summed E-state index contributed by atoms with van der Waals surface area (Å²) in [4.78, 5) is 1.28. The molecule has 0 bridgehead atoms. The largest absolute Gasteiger partial charge is 0.205 e. The van der Waals surface area contributed by atoms with E-state index in [1.165, 1.54) is 11.0 Å². The molecule has 0 aliphatic carbocycles. The van der Waals surface area contributed by atoms with Crippen molar-refractivity contribution in [1.82, 2.24) is 20.2 Å². The highest BCUT2D eigenvalue weighted by atomic mass is 35.5. The minimum atomic E-state index is 0.462. The molecule has 0 aliphatic rings. The molecule has 0 spiro atoms. The van der Waals surface area contributed by atoms with Crippen molar-refractivity contribution in [2.45, 2.75) is 0 Å². The molecule has 1 heterocycles. The summed E-state index contributed by atoms with van der Waals surface area (Å²) in [6.45, 7) is 3.52. The van der Waals surface area contributed by atoms with Crippen molar-refractivity contribution in [1.29, 1.82) is 0 Å². The van der Waals surface area contributed by atoms with Crippen LogP contribution in [0.25, 0.3) is 17.6 Å². The van der Waals surface area contributed by atoms with Crippen LogP contribution >= 0.6 is 23.2 Å².